The van der Waals surface area contributed by atoms with E-state index in [1.807, 2.05) is 31.2 Å². The number of nitrogens with zero attached hydrogens (tertiary/aromatic N) is 3. The quantitative estimate of drug-likeness (QED) is 0.664. The predicted octanol–water partition coefficient (Wildman–Crippen LogP) is 4.67. The molecule has 2 aromatic heterocycles. The molecule has 1 aliphatic carbocycles. The van der Waals surface area contributed by atoms with E-state index in [9.17, 15) is 10.1 Å². The number of benzene rings is 1. The van der Waals surface area contributed by atoms with E-state index in [-0.39, 0.29) is 12.3 Å². The smallest absolute Gasteiger partial charge is 0.227 e. The topological polar surface area (TPSA) is 91.8 Å². The van der Waals surface area contributed by atoms with Gasteiger partial charge in [-0.05, 0) is 37.7 Å². The van der Waals surface area contributed by atoms with Crippen LogP contribution in [0.2, 0.25) is 0 Å². The van der Waals surface area contributed by atoms with Gasteiger partial charge in [-0.15, -0.1) is 11.3 Å². The summed E-state index contributed by atoms with van der Waals surface area (Å²) >= 11 is 1.54. The molecule has 6 nitrogen and oxygen atoms in total. The molecular weight excluding hydrogens is 384 g/mol. The normalized spacial score (nSPS) is 15.6. The van der Waals surface area contributed by atoms with Gasteiger partial charge < -0.3 is 9.84 Å². The molecule has 0 radical (unpaired) electrons. The van der Waals surface area contributed by atoms with Crippen molar-refractivity contribution in [3.05, 3.63) is 51.7 Å². The molecule has 29 heavy (non-hydrogen) atoms. The number of nitrogens with one attached hydrogen (secondary N) is 1. The van der Waals surface area contributed by atoms with Gasteiger partial charge >= 0.3 is 0 Å². The molecule has 148 valence electrons. The van der Waals surface area contributed by atoms with E-state index in [1.165, 1.54) is 16.2 Å². The fourth-order valence-electron chi connectivity index (χ4n) is 3.54. The van der Waals surface area contributed by atoms with Crippen molar-refractivity contribution in [3.63, 3.8) is 0 Å². The molecule has 1 N–H and O–H groups in total. The summed E-state index contributed by atoms with van der Waals surface area (Å²) in [6.07, 6.45) is 3.56. The zero-order valence-corrected chi connectivity index (χ0v) is 17.3. The van der Waals surface area contributed by atoms with E-state index in [4.69, 9.17) is 4.52 Å². The Kier molecular flexibility index (Phi) is 5.45. The Labute approximate surface area is 173 Å². The van der Waals surface area contributed by atoms with Gasteiger partial charge in [-0.3, -0.25) is 4.79 Å². The van der Waals surface area contributed by atoms with Crippen LogP contribution in [-0.4, -0.2) is 16.0 Å². The van der Waals surface area contributed by atoms with Crippen molar-refractivity contribution in [1.82, 2.24) is 10.1 Å². The summed E-state index contributed by atoms with van der Waals surface area (Å²) in [5, 5.41) is 17.1. The molecule has 0 aliphatic heterocycles. The van der Waals surface area contributed by atoms with Crippen molar-refractivity contribution in [1.29, 1.82) is 5.26 Å². The van der Waals surface area contributed by atoms with E-state index >= 15 is 0 Å². The minimum atomic E-state index is -0.150. The Hall–Kier alpha value is -2.98. The molecule has 1 atom stereocenters. The third-order valence-corrected chi connectivity index (χ3v) is 6.39. The molecule has 1 unspecified atom stereocenters. The molecule has 0 spiro atoms. The summed E-state index contributed by atoms with van der Waals surface area (Å²) in [6.45, 7) is 4.24. The van der Waals surface area contributed by atoms with E-state index < -0.39 is 0 Å². The number of carbonyl (C=O) groups excluding carboxylic acids is 1. The molecule has 0 bridgehead atoms. The van der Waals surface area contributed by atoms with Crippen LogP contribution in [0.1, 0.15) is 47.2 Å². The average Bonchev–Trinajstić information content (AvgIpc) is 3.30. The molecular formula is C22H22N4O2S. The van der Waals surface area contributed by atoms with Crippen LogP contribution in [0.3, 0.4) is 0 Å². The number of hydrogen-bond donors (Lipinski definition) is 1. The zero-order chi connectivity index (χ0) is 20.4. The SMILES string of the molecule is Cc1ccc(-c2noc(CCC(=O)Nc3sc4c(c3C#N)CCC(C)C4)n2)cc1. The first kappa shape index (κ1) is 19.3. The number of carbonyl (C=O) groups is 1. The first-order chi connectivity index (χ1) is 14.0. The van der Waals surface area contributed by atoms with Gasteiger partial charge in [-0.2, -0.15) is 10.2 Å². The summed E-state index contributed by atoms with van der Waals surface area (Å²) in [7, 11) is 0. The molecule has 0 saturated carbocycles. The van der Waals surface area contributed by atoms with Crippen LogP contribution in [-0.2, 0) is 24.1 Å². The lowest BCUT2D eigenvalue weighted by Crippen LogP contribution is -2.12. The fraction of sp³-hybridized carbons (Fsp3) is 0.364. The highest BCUT2D eigenvalue weighted by atomic mass is 32.1. The first-order valence-electron chi connectivity index (χ1n) is 9.77. The summed E-state index contributed by atoms with van der Waals surface area (Å²) < 4.78 is 5.28. The summed E-state index contributed by atoms with van der Waals surface area (Å²) in [5.74, 6) is 1.42. The summed E-state index contributed by atoms with van der Waals surface area (Å²) in [4.78, 5) is 18.1. The Morgan fingerprint density at radius 1 is 1.38 bits per heavy atom. The van der Waals surface area contributed by atoms with Crippen LogP contribution < -0.4 is 5.32 Å². The van der Waals surface area contributed by atoms with Gasteiger partial charge in [0.2, 0.25) is 17.6 Å². The predicted molar refractivity (Wildman–Crippen MR) is 112 cm³/mol. The lowest BCUT2D eigenvalue weighted by Gasteiger charge is -2.17. The number of fused-ring (bicyclic) bond motifs is 1. The maximum absolute atomic E-state index is 12.4. The Morgan fingerprint density at radius 3 is 2.93 bits per heavy atom. The third kappa shape index (κ3) is 4.22. The third-order valence-electron chi connectivity index (χ3n) is 5.22. The highest BCUT2D eigenvalue weighted by Crippen LogP contribution is 2.39. The number of nitriles is 1. The van der Waals surface area contributed by atoms with Gasteiger partial charge in [-0.1, -0.05) is 41.9 Å². The Bertz CT molecular complexity index is 1080. The van der Waals surface area contributed by atoms with Crippen molar-refractivity contribution in [2.45, 2.75) is 46.0 Å². The van der Waals surface area contributed by atoms with Crippen molar-refractivity contribution in [2.24, 2.45) is 5.92 Å². The van der Waals surface area contributed by atoms with Crippen molar-refractivity contribution in [2.75, 3.05) is 5.32 Å². The van der Waals surface area contributed by atoms with Gasteiger partial charge in [0.1, 0.15) is 11.1 Å². The summed E-state index contributed by atoms with van der Waals surface area (Å²) in [6, 6.07) is 10.2. The van der Waals surface area contributed by atoms with E-state index in [0.29, 0.717) is 34.6 Å². The molecule has 1 aromatic carbocycles. The molecule has 0 saturated heterocycles. The molecule has 7 heteroatoms. The van der Waals surface area contributed by atoms with Crippen molar-refractivity contribution < 1.29 is 9.32 Å². The lowest BCUT2D eigenvalue weighted by molar-refractivity contribution is -0.116. The van der Waals surface area contributed by atoms with Crippen molar-refractivity contribution in [3.8, 4) is 17.5 Å². The van der Waals surface area contributed by atoms with Gasteiger partial charge in [0, 0.05) is 23.3 Å². The second-order valence-electron chi connectivity index (χ2n) is 7.59. The van der Waals surface area contributed by atoms with E-state index in [2.05, 4.69) is 28.5 Å². The van der Waals surface area contributed by atoms with Gasteiger partial charge in [-0.25, -0.2) is 0 Å². The van der Waals surface area contributed by atoms with Gasteiger partial charge in [0.25, 0.3) is 0 Å². The highest BCUT2D eigenvalue weighted by molar-refractivity contribution is 7.16. The number of anilines is 1. The van der Waals surface area contributed by atoms with Crippen LogP contribution in [0.4, 0.5) is 5.00 Å². The number of hydrogen-bond acceptors (Lipinski definition) is 6. The second kappa shape index (κ2) is 8.18. The van der Waals surface area contributed by atoms with Crippen LogP contribution in [0.5, 0.6) is 0 Å². The van der Waals surface area contributed by atoms with E-state index in [0.717, 1.165) is 36.0 Å². The van der Waals surface area contributed by atoms with Crippen LogP contribution in [0, 0.1) is 24.2 Å². The molecule has 3 aromatic rings. The standard InChI is InChI=1S/C22H22N4O2S/c1-13-3-6-15(7-4-13)21-25-20(28-26-21)10-9-19(27)24-22-17(12-23)16-8-5-14(2)11-18(16)29-22/h3-4,6-7,14H,5,8-11H2,1-2H3,(H,24,27). The lowest BCUT2D eigenvalue weighted by atomic mass is 9.88. The highest BCUT2D eigenvalue weighted by Gasteiger charge is 2.24. The van der Waals surface area contributed by atoms with Gasteiger partial charge in [0.15, 0.2) is 0 Å². The fourth-order valence-corrected chi connectivity index (χ4v) is 4.92. The van der Waals surface area contributed by atoms with Gasteiger partial charge in [0.05, 0.1) is 5.56 Å². The number of rotatable bonds is 5. The van der Waals surface area contributed by atoms with Crippen LogP contribution >= 0.6 is 11.3 Å². The average molecular weight is 407 g/mol. The number of aryl methyl sites for hydroxylation is 2. The molecule has 1 aliphatic rings. The number of amides is 1. The Morgan fingerprint density at radius 2 is 2.17 bits per heavy atom. The second-order valence-corrected chi connectivity index (χ2v) is 8.70. The summed E-state index contributed by atoms with van der Waals surface area (Å²) in [5.41, 5.74) is 3.79. The molecule has 4 rings (SSSR count). The Balaban J connectivity index is 1.39. The first-order valence-corrected chi connectivity index (χ1v) is 10.6. The zero-order valence-electron chi connectivity index (χ0n) is 16.5. The van der Waals surface area contributed by atoms with Crippen molar-refractivity contribution >= 4 is 22.2 Å². The monoisotopic (exact) mass is 406 g/mol. The molecule has 2 heterocycles. The number of aromatic nitrogens is 2. The maximum atomic E-state index is 12.4. The van der Waals surface area contributed by atoms with Crippen LogP contribution in [0.15, 0.2) is 28.8 Å². The maximum Gasteiger partial charge on any atom is 0.227 e. The van der Waals surface area contributed by atoms with E-state index in [1.54, 1.807) is 0 Å². The van der Waals surface area contributed by atoms with Crippen LogP contribution in [0.25, 0.3) is 11.4 Å². The molecule has 0 fully saturated rings. The number of thiophene rings is 1. The largest absolute Gasteiger partial charge is 0.339 e. The minimum absolute atomic E-state index is 0.150. The molecule has 1 amide bonds. The minimum Gasteiger partial charge on any atom is -0.339 e.